The SMILES string of the molecule is CCc1cccc(NC(=O)CCC(=O)N[C@H](CCSC)C(=O)O)c1. The van der Waals surface area contributed by atoms with Gasteiger partial charge >= 0.3 is 5.97 Å². The van der Waals surface area contributed by atoms with E-state index in [1.807, 2.05) is 31.4 Å². The van der Waals surface area contributed by atoms with E-state index < -0.39 is 17.9 Å². The van der Waals surface area contributed by atoms with Gasteiger partial charge in [0.05, 0.1) is 0 Å². The molecule has 0 fully saturated rings. The molecule has 1 rings (SSSR count). The molecule has 6 nitrogen and oxygen atoms in total. The first-order valence-corrected chi connectivity index (χ1v) is 9.25. The summed E-state index contributed by atoms with van der Waals surface area (Å²) >= 11 is 1.52. The van der Waals surface area contributed by atoms with Crippen molar-refractivity contribution >= 4 is 35.2 Å². The van der Waals surface area contributed by atoms with Gasteiger partial charge in [0.1, 0.15) is 6.04 Å². The number of benzene rings is 1. The number of carbonyl (C=O) groups is 3. The fraction of sp³-hybridized carbons (Fsp3) is 0.471. The van der Waals surface area contributed by atoms with Crippen LogP contribution in [0, 0.1) is 0 Å². The predicted molar refractivity (Wildman–Crippen MR) is 96.2 cm³/mol. The van der Waals surface area contributed by atoms with E-state index in [9.17, 15) is 14.4 Å². The fourth-order valence-corrected chi connectivity index (χ4v) is 2.55. The monoisotopic (exact) mass is 352 g/mol. The number of carboxylic acids is 1. The Morgan fingerprint density at radius 2 is 1.92 bits per heavy atom. The highest BCUT2D eigenvalue weighted by molar-refractivity contribution is 7.98. The van der Waals surface area contributed by atoms with Crippen LogP contribution in [0.3, 0.4) is 0 Å². The van der Waals surface area contributed by atoms with Crippen LogP contribution in [0.25, 0.3) is 0 Å². The second-order valence-electron chi connectivity index (χ2n) is 5.34. The van der Waals surface area contributed by atoms with Crippen LogP contribution < -0.4 is 10.6 Å². The molecular formula is C17H24N2O4S. The van der Waals surface area contributed by atoms with Crippen LogP contribution in [-0.4, -0.2) is 40.9 Å². The standard InChI is InChI=1S/C17H24N2O4S/c1-3-12-5-4-6-13(11-12)18-15(20)7-8-16(21)19-14(17(22)23)9-10-24-2/h4-6,11,14H,3,7-10H2,1-2H3,(H,18,20)(H,19,21)(H,22,23)/t14-/m1/s1. The zero-order chi connectivity index (χ0) is 17.9. The van der Waals surface area contributed by atoms with E-state index in [4.69, 9.17) is 5.11 Å². The average Bonchev–Trinajstić information content (AvgIpc) is 2.56. The van der Waals surface area contributed by atoms with Crippen LogP contribution >= 0.6 is 11.8 Å². The molecule has 0 spiro atoms. The van der Waals surface area contributed by atoms with Crippen molar-refractivity contribution in [1.29, 1.82) is 0 Å². The molecule has 132 valence electrons. The molecule has 0 aliphatic heterocycles. The summed E-state index contributed by atoms with van der Waals surface area (Å²) in [7, 11) is 0. The lowest BCUT2D eigenvalue weighted by atomic mass is 10.1. The Labute approximate surface area is 146 Å². The molecule has 1 aromatic rings. The Hall–Kier alpha value is -2.02. The summed E-state index contributed by atoms with van der Waals surface area (Å²) in [5.74, 6) is -1.11. The maximum absolute atomic E-state index is 11.9. The van der Waals surface area contributed by atoms with Crippen molar-refractivity contribution in [1.82, 2.24) is 5.32 Å². The molecule has 2 amide bonds. The van der Waals surface area contributed by atoms with Crippen LogP contribution in [0.5, 0.6) is 0 Å². The number of hydrogen-bond acceptors (Lipinski definition) is 4. The summed E-state index contributed by atoms with van der Waals surface area (Å²) in [4.78, 5) is 34.8. The van der Waals surface area contributed by atoms with Gasteiger partial charge < -0.3 is 15.7 Å². The molecule has 1 atom stereocenters. The van der Waals surface area contributed by atoms with Crippen molar-refractivity contribution in [2.75, 3.05) is 17.3 Å². The molecule has 0 radical (unpaired) electrons. The van der Waals surface area contributed by atoms with Crippen molar-refractivity contribution in [2.45, 2.75) is 38.6 Å². The van der Waals surface area contributed by atoms with Crippen molar-refractivity contribution in [3.05, 3.63) is 29.8 Å². The number of carboxylic acid groups (broad SMARTS) is 1. The largest absolute Gasteiger partial charge is 0.480 e. The number of aliphatic carboxylic acids is 1. The van der Waals surface area contributed by atoms with Crippen LogP contribution in [0.4, 0.5) is 5.69 Å². The molecule has 24 heavy (non-hydrogen) atoms. The van der Waals surface area contributed by atoms with Gasteiger partial charge in [-0.05, 0) is 42.5 Å². The zero-order valence-corrected chi connectivity index (χ0v) is 14.8. The van der Waals surface area contributed by atoms with Crippen LogP contribution in [0.1, 0.15) is 31.7 Å². The van der Waals surface area contributed by atoms with E-state index in [0.717, 1.165) is 12.0 Å². The third kappa shape index (κ3) is 7.50. The highest BCUT2D eigenvalue weighted by Crippen LogP contribution is 2.11. The molecule has 0 heterocycles. The lowest BCUT2D eigenvalue weighted by molar-refractivity contribution is -0.141. The predicted octanol–water partition coefficient (Wildman–Crippen LogP) is 2.29. The third-order valence-electron chi connectivity index (χ3n) is 3.44. The fourth-order valence-electron chi connectivity index (χ4n) is 2.08. The van der Waals surface area contributed by atoms with Crippen molar-refractivity contribution in [3.63, 3.8) is 0 Å². The topological polar surface area (TPSA) is 95.5 Å². The quantitative estimate of drug-likeness (QED) is 0.600. The number of hydrogen-bond donors (Lipinski definition) is 3. The normalized spacial score (nSPS) is 11.6. The van der Waals surface area contributed by atoms with Gasteiger partial charge in [-0.2, -0.15) is 11.8 Å². The molecule has 0 aromatic heterocycles. The van der Waals surface area contributed by atoms with Gasteiger partial charge in [-0.1, -0.05) is 19.1 Å². The Morgan fingerprint density at radius 3 is 2.54 bits per heavy atom. The minimum absolute atomic E-state index is 0.0110. The van der Waals surface area contributed by atoms with Crippen molar-refractivity contribution in [3.8, 4) is 0 Å². The summed E-state index contributed by atoms with van der Waals surface area (Å²) in [6, 6.07) is 6.61. The molecule has 1 aromatic carbocycles. The summed E-state index contributed by atoms with van der Waals surface area (Å²) in [5.41, 5.74) is 1.81. The molecule has 7 heteroatoms. The minimum Gasteiger partial charge on any atom is -0.480 e. The number of amides is 2. The molecule has 0 saturated heterocycles. The number of nitrogens with one attached hydrogen (secondary N) is 2. The molecule has 0 bridgehead atoms. The van der Waals surface area contributed by atoms with E-state index in [-0.39, 0.29) is 18.7 Å². The van der Waals surface area contributed by atoms with Gasteiger partial charge in [-0.3, -0.25) is 9.59 Å². The van der Waals surface area contributed by atoms with E-state index >= 15 is 0 Å². The summed E-state index contributed by atoms with van der Waals surface area (Å²) in [6.45, 7) is 2.03. The highest BCUT2D eigenvalue weighted by atomic mass is 32.2. The zero-order valence-electron chi connectivity index (χ0n) is 14.0. The van der Waals surface area contributed by atoms with Gasteiger partial charge in [0.15, 0.2) is 0 Å². The minimum atomic E-state index is -1.06. The Bertz CT molecular complexity index is 577. The van der Waals surface area contributed by atoms with Gasteiger partial charge in [-0.25, -0.2) is 4.79 Å². The molecular weight excluding hydrogens is 328 g/mol. The van der Waals surface area contributed by atoms with Crippen molar-refractivity contribution in [2.24, 2.45) is 0 Å². The second kappa shape index (κ2) is 10.7. The maximum atomic E-state index is 11.9. The van der Waals surface area contributed by atoms with E-state index in [2.05, 4.69) is 10.6 Å². The number of anilines is 1. The van der Waals surface area contributed by atoms with Crippen molar-refractivity contribution < 1.29 is 19.5 Å². The number of aryl methyl sites for hydroxylation is 1. The summed E-state index contributed by atoms with van der Waals surface area (Å²) < 4.78 is 0. The van der Waals surface area contributed by atoms with Gasteiger partial charge in [-0.15, -0.1) is 0 Å². The molecule has 3 N–H and O–H groups in total. The Balaban J connectivity index is 2.42. The second-order valence-corrected chi connectivity index (χ2v) is 6.33. The molecule has 0 saturated carbocycles. The molecule has 0 aliphatic carbocycles. The lowest BCUT2D eigenvalue weighted by Crippen LogP contribution is -2.41. The van der Waals surface area contributed by atoms with Crippen LogP contribution in [0.2, 0.25) is 0 Å². The lowest BCUT2D eigenvalue weighted by Gasteiger charge is -2.13. The van der Waals surface area contributed by atoms with E-state index in [1.165, 1.54) is 11.8 Å². The number of rotatable bonds is 10. The third-order valence-corrected chi connectivity index (χ3v) is 4.09. The Morgan fingerprint density at radius 1 is 1.21 bits per heavy atom. The van der Waals surface area contributed by atoms with Gasteiger partial charge in [0.2, 0.25) is 11.8 Å². The summed E-state index contributed by atoms with van der Waals surface area (Å²) in [5, 5.41) is 14.3. The van der Waals surface area contributed by atoms with Gasteiger partial charge in [0.25, 0.3) is 0 Å². The first-order chi connectivity index (χ1) is 11.5. The average molecular weight is 352 g/mol. The first-order valence-electron chi connectivity index (χ1n) is 7.86. The van der Waals surface area contributed by atoms with E-state index in [1.54, 1.807) is 6.07 Å². The summed E-state index contributed by atoms with van der Waals surface area (Å²) in [6.07, 6.45) is 3.08. The maximum Gasteiger partial charge on any atom is 0.326 e. The smallest absolute Gasteiger partial charge is 0.326 e. The molecule has 0 unspecified atom stereocenters. The number of thioether (sulfide) groups is 1. The van der Waals surface area contributed by atoms with E-state index in [0.29, 0.717) is 17.9 Å². The Kier molecular flexibility index (Phi) is 8.93. The number of carbonyl (C=O) groups excluding carboxylic acids is 2. The van der Waals surface area contributed by atoms with Gasteiger partial charge in [0, 0.05) is 18.5 Å². The van der Waals surface area contributed by atoms with Crippen LogP contribution in [0.15, 0.2) is 24.3 Å². The highest BCUT2D eigenvalue weighted by Gasteiger charge is 2.19. The first kappa shape index (κ1) is 20.0. The van der Waals surface area contributed by atoms with Crippen LogP contribution in [-0.2, 0) is 20.8 Å². The molecule has 0 aliphatic rings.